The van der Waals surface area contributed by atoms with Crippen LogP contribution in [0.1, 0.15) is 56.6 Å². The van der Waals surface area contributed by atoms with Gasteiger partial charge in [-0.1, -0.05) is 56.5 Å². The van der Waals surface area contributed by atoms with E-state index in [1.807, 2.05) is 38.1 Å². The number of aliphatic hydroxyl groups excluding tert-OH is 1. The summed E-state index contributed by atoms with van der Waals surface area (Å²) < 4.78 is 0. The molecule has 0 aromatic heterocycles. The zero-order chi connectivity index (χ0) is 25.5. The van der Waals surface area contributed by atoms with Crippen molar-refractivity contribution in [3.05, 3.63) is 41.5 Å². The van der Waals surface area contributed by atoms with Crippen molar-refractivity contribution in [3.8, 4) is 0 Å². The van der Waals surface area contributed by atoms with Gasteiger partial charge in [0.1, 0.15) is 6.04 Å². The second-order valence-corrected chi connectivity index (χ2v) is 9.95. The molecule has 7 nitrogen and oxygen atoms in total. The standard InChI is InChI=1S/C28H41N3O4/c1-5-11-20-14-15-21-23(22(20)26(33)29-4)28(35)31(16-8-6-7-9-17-32)25(21)27(34)30-24-18(2)12-10-13-19(24)3/h10,12-15,20-23,25,32H,5-9,11,16-17H2,1-4H3,(H,29,33)(H,30,34)/t20-,21+,22-,23+,25+/m1/s1. The molecule has 1 fully saturated rings. The van der Waals surface area contributed by atoms with Crippen molar-refractivity contribution in [1.82, 2.24) is 10.2 Å². The summed E-state index contributed by atoms with van der Waals surface area (Å²) in [7, 11) is 1.61. The molecule has 0 spiro atoms. The van der Waals surface area contributed by atoms with Gasteiger partial charge in [-0.25, -0.2) is 0 Å². The van der Waals surface area contributed by atoms with Crippen LogP contribution >= 0.6 is 0 Å². The van der Waals surface area contributed by atoms with E-state index in [0.29, 0.717) is 6.54 Å². The summed E-state index contributed by atoms with van der Waals surface area (Å²) in [5.41, 5.74) is 2.73. The number of anilines is 1. The molecule has 0 unspecified atom stereocenters. The molecule has 7 heteroatoms. The molecule has 1 aromatic rings. The summed E-state index contributed by atoms with van der Waals surface area (Å²) >= 11 is 0. The Balaban J connectivity index is 1.94. The molecule has 1 aliphatic heterocycles. The molecule has 0 radical (unpaired) electrons. The van der Waals surface area contributed by atoms with E-state index in [1.54, 1.807) is 11.9 Å². The normalized spacial score (nSPS) is 25.5. The first kappa shape index (κ1) is 26.9. The number of nitrogens with one attached hydrogen (secondary N) is 2. The fourth-order valence-electron chi connectivity index (χ4n) is 5.83. The Hall–Kier alpha value is -2.67. The Morgan fingerprint density at radius 3 is 2.34 bits per heavy atom. The van der Waals surface area contributed by atoms with Gasteiger partial charge in [-0.2, -0.15) is 0 Å². The Bertz CT molecular complexity index is 924. The molecule has 3 N–H and O–H groups in total. The molecule has 3 rings (SSSR count). The van der Waals surface area contributed by atoms with E-state index < -0.39 is 17.9 Å². The van der Waals surface area contributed by atoms with E-state index in [-0.39, 0.29) is 36.2 Å². The average molecular weight is 484 g/mol. The molecule has 1 aromatic carbocycles. The number of para-hydroxylation sites is 1. The molecule has 0 bridgehead atoms. The van der Waals surface area contributed by atoms with Crippen LogP contribution in [0.3, 0.4) is 0 Å². The first-order valence-electron chi connectivity index (χ1n) is 13.0. The van der Waals surface area contributed by atoms with Crippen molar-refractivity contribution in [3.63, 3.8) is 0 Å². The van der Waals surface area contributed by atoms with Crippen LogP contribution in [0, 0.1) is 37.5 Å². The molecule has 1 heterocycles. The van der Waals surface area contributed by atoms with Crippen LogP contribution in [0.4, 0.5) is 5.69 Å². The third-order valence-corrected chi connectivity index (χ3v) is 7.59. The maximum absolute atomic E-state index is 13.8. The smallest absolute Gasteiger partial charge is 0.247 e. The monoisotopic (exact) mass is 483 g/mol. The summed E-state index contributed by atoms with van der Waals surface area (Å²) in [6.07, 6.45) is 9.05. The van der Waals surface area contributed by atoms with Gasteiger partial charge in [-0.05, 0) is 50.2 Å². The molecule has 1 aliphatic carbocycles. The zero-order valence-corrected chi connectivity index (χ0v) is 21.5. The summed E-state index contributed by atoms with van der Waals surface area (Å²) in [5, 5.41) is 14.9. The number of benzene rings is 1. The predicted octanol–water partition coefficient (Wildman–Crippen LogP) is 3.59. The highest BCUT2D eigenvalue weighted by Crippen LogP contribution is 2.45. The number of fused-ring (bicyclic) bond motifs is 1. The minimum Gasteiger partial charge on any atom is -0.396 e. The molecule has 1 saturated heterocycles. The zero-order valence-electron chi connectivity index (χ0n) is 21.5. The van der Waals surface area contributed by atoms with Crippen molar-refractivity contribution >= 4 is 23.4 Å². The van der Waals surface area contributed by atoms with Crippen LogP contribution in [0.15, 0.2) is 30.4 Å². The lowest BCUT2D eigenvalue weighted by molar-refractivity contribution is -0.140. The lowest BCUT2D eigenvalue weighted by atomic mass is 9.68. The molecule has 192 valence electrons. The quantitative estimate of drug-likeness (QED) is 0.331. The Kier molecular flexibility index (Phi) is 9.49. The predicted molar refractivity (Wildman–Crippen MR) is 138 cm³/mol. The molecule has 5 atom stereocenters. The number of carbonyl (C=O) groups is 3. The highest BCUT2D eigenvalue weighted by molar-refractivity contribution is 6.02. The molecular weight excluding hydrogens is 442 g/mol. The molecule has 3 amide bonds. The minimum atomic E-state index is -0.657. The SMILES string of the molecule is CCC[C@@H]1C=C[C@H]2[C@H](C(=O)N(CCCCCCO)[C@@H]2C(=O)Nc2c(C)cccc2C)[C@@H]1C(=O)NC. The van der Waals surface area contributed by atoms with Gasteiger partial charge in [0.05, 0.1) is 11.8 Å². The van der Waals surface area contributed by atoms with E-state index in [0.717, 1.165) is 55.3 Å². The van der Waals surface area contributed by atoms with Gasteiger partial charge in [-0.15, -0.1) is 0 Å². The number of amides is 3. The first-order chi connectivity index (χ1) is 16.8. The van der Waals surface area contributed by atoms with Gasteiger partial charge in [0, 0.05) is 31.8 Å². The lowest BCUT2D eigenvalue weighted by Crippen LogP contribution is -2.45. The molecule has 35 heavy (non-hydrogen) atoms. The topological polar surface area (TPSA) is 98.7 Å². The summed E-state index contributed by atoms with van der Waals surface area (Å²) in [6, 6.07) is 5.22. The summed E-state index contributed by atoms with van der Waals surface area (Å²) in [4.78, 5) is 42.3. The summed E-state index contributed by atoms with van der Waals surface area (Å²) in [6.45, 7) is 6.62. The number of aliphatic hydroxyl groups is 1. The highest BCUT2D eigenvalue weighted by atomic mass is 16.3. The Morgan fingerprint density at radius 1 is 1.03 bits per heavy atom. The van der Waals surface area contributed by atoms with Gasteiger partial charge in [-0.3, -0.25) is 14.4 Å². The molecule has 0 saturated carbocycles. The lowest BCUT2D eigenvalue weighted by Gasteiger charge is -2.34. The third kappa shape index (κ3) is 5.77. The van der Waals surface area contributed by atoms with E-state index >= 15 is 0 Å². The van der Waals surface area contributed by atoms with Gasteiger partial charge in [0.15, 0.2) is 0 Å². The first-order valence-corrected chi connectivity index (χ1v) is 13.0. The van der Waals surface area contributed by atoms with Crippen LogP contribution in [0.2, 0.25) is 0 Å². The van der Waals surface area contributed by atoms with Gasteiger partial charge in [0.25, 0.3) is 0 Å². The van der Waals surface area contributed by atoms with Crippen LogP contribution in [0.25, 0.3) is 0 Å². The number of hydrogen-bond acceptors (Lipinski definition) is 4. The van der Waals surface area contributed by atoms with Crippen LogP contribution in [-0.2, 0) is 14.4 Å². The van der Waals surface area contributed by atoms with Crippen LogP contribution in [0.5, 0.6) is 0 Å². The number of nitrogens with zero attached hydrogens (tertiary/aromatic N) is 1. The van der Waals surface area contributed by atoms with Crippen LogP contribution in [-0.4, -0.2) is 54.0 Å². The fourth-order valence-corrected chi connectivity index (χ4v) is 5.83. The molecule has 2 aliphatic rings. The second kappa shape index (κ2) is 12.3. The van der Waals surface area contributed by atoms with E-state index in [1.165, 1.54) is 0 Å². The van der Waals surface area contributed by atoms with Crippen LogP contribution < -0.4 is 10.6 Å². The van der Waals surface area contributed by atoms with Crippen molar-refractivity contribution in [2.45, 2.75) is 65.3 Å². The Morgan fingerprint density at radius 2 is 1.71 bits per heavy atom. The van der Waals surface area contributed by atoms with Crippen molar-refractivity contribution in [2.75, 3.05) is 25.5 Å². The Labute approximate surface area is 209 Å². The van der Waals surface area contributed by atoms with E-state index in [9.17, 15) is 14.4 Å². The number of unbranched alkanes of at least 4 members (excludes halogenated alkanes) is 3. The number of hydrogen-bond donors (Lipinski definition) is 3. The number of allylic oxidation sites excluding steroid dienone is 1. The number of likely N-dealkylation sites (tertiary alicyclic amines) is 1. The van der Waals surface area contributed by atoms with E-state index in [4.69, 9.17) is 5.11 Å². The maximum atomic E-state index is 13.8. The highest BCUT2D eigenvalue weighted by Gasteiger charge is 2.56. The minimum absolute atomic E-state index is 0.0167. The number of carbonyl (C=O) groups excluding carboxylic acids is 3. The molecular formula is C28H41N3O4. The number of rotatable bonds is 11. The summed E-state index contributed by atoms with van der Waals surface area (Å²) in [5.74, 6) is -1.81. The average Bonchev–Trinajstić information content (AvgIpc) is 3.12. The number of aryl methyl sites for hydroxylation is 2. The second-order valence-electron chi connectivity index (χ2n) is 9.95. The largest absolute Gasteiger partial charge is 0.396 e. The van der Waals surface area contributed by atoms with Gasteiger partial charge >= 0.3 is 0 Å². The third-order valence-electron chi connectivity index (χ3n) is 7.59. The van der Waals surface area contributed by atoms with Gasteiger partial charge in [0.2, 0.25) is 17.7 Å². The maximum Gasteiger partial charge on any atom is 0.247 e. The van der Waals surface area contributed by atoms with Crippen molar-refractivity contribution in [2.24, 2.45) is 23.7 Å². The van der Waals surface area contributed by atoms with Crippen molar-refractivity contribution in [1.29, 1.82) is 0 Å². The van der Waals surface area contributed by atoms with Gasteiger partial charge < -0.3 is 20.6 Å². The fraction of sp³-hybridized carbons (Fsp3) is 0.607. The van der Waals surface area contributed by atoms with E-state index in [2.05, 4.69) is 23.6 Å². The van der Waals surface area contributed by atoms with Crippen molar-refractivity contribution < 1.29 is 19.5 Å².